The van der Waals surface area contributed by atoms with Crippen LogP contribution in [0.4, 0.5) is 5.69 Å². The first-order chi connectivity index (χ1) is 14.6. The Morgan fingerprint density at radius 3 is 2.30 bits per heavy atom. The van der Waals surface area contributed by atoms with Crippen molar-refractivity contribution in [1.29, 1.82) is 0 Å². The molecular weight excluding hydrogens is 388 g/mol. The molecule has 0 bridgehead atoms. The quantitative estimate of drug-likeness (QED) is 0.367. The van der Waals surface area contributed by atoms with Gasteiger partial charge in [-0.3, -0.25) is 4.79 Å². The number of thioether (sulfide) groups is 1. The molecular formula is C26H24N2OS. The summed E-state index contributed by atoms with van der Waals surface area (Å²) < 4.78 is 2.15. The van der Waals surface area contributed by atoms with Crippen molar-refractivity contribution < 1.29 is 4.79 Å². The summed E-state index contributed by atoms with van der Waals surface area (Å²) in [6.07, 6.45) is 2.14. The zero-order valence-electron chi connectivity index (χ0n) is 17.1. The molecule has 0 aliphatic rings. The third kappa shape index (κ3) is 4.66. The van der Waals surface area contributed by atoms with Gasteiger partial charge >= 0.3 is 0 Å². The maximum absolute atomic E-state index is 12.6. The SMILES string of the molecule is Cc1ccc(-c2cc(SCC(=O)Nc3ccccc3C)n(-c3ccccc3)c2)cc1. The minimum absolute atomic E-state index is 0.00741. The number of anilines is 1. The summed E-state index contributed by atoms with van der Waals surface area (Å²) in [6.45, 7) is 4.09. The van der Waals surface area contributed by atoms with Gasteiger partial charge in [0, 0.05) is 23.1 Å². The Bertz CT molecular complexity index is 1150. The second-order valence-electron chi connectivity index (χ2n) is 7.29. The largest absolute Gasteiger partial charge is 0.325 e. The highest BCUT2D eigenvalue weighted by molar-refractivity contribution is 7.99. The molecule has 3 aromatic carbocycles. The Morgan fingerprint density at radius 1 is 0.867 bits per heavy atom. The van der Waals surface area contributed by atoms with E-state index in [-0.39, 0.29) is 5.91 Å². The van der Waals surface area contributed by atoms with Crippen molar-refractivity contribution in [3.63, 3.8) is 0 Å². The molecule has 1 amide bonds. The third-order valence-corrected chi connectivity index (χ3v) is 5.99. The minimum Gasteiger partial charge on any atom is -0.325 e. The first-order valence-corrected chi connectivity index (χ1v) is 10.9. The van der Waals surface area contributed by atoms with Crippen molar-refractivity contribution in [2.75, 3.05) is 11.1 Å². The van der Waals surface area contributed by atoms with E-state index in [1.54, 1.807) is 11.8 Å². The molecule has 3 nitrogen and oxygen atoms in total. The standard InChI is InChI=1S/C26H24N2OS/c1-19-12-14-21(15-13-19)22-16-26(28(17-22)23-9-4-3-5-10-23)30-18-25(29)27-24-11-7-6-8-20(24)2/h3-17H,18H2,1-2H3,(H,27,29). The number of carbonyl (C=O) groups excluding carboxylic acids is 1. The number of benzene rings is 3. The Balaban J connectivity index is 1.57. The molecule has 0 atom stereocenters. The Labute approximate surface area is 181 Å². The van der Waals surface area contributed by atoms with Gasteiger partial charge in [0.15, 0.2) is 0 Å². The molecule has 1 heterocycles. The van der Waals surface area contributed by atoms with E-state index in [1.165, 1.54) is 11.1 Å². The lowest BCUT2D eigenvalue weighted by atomic mass is 10.1. The average Bonchev–Trinajstić information content (AvgIpc) is 3.19. The van der Waals surface area contributed by atoms with Gasteiger partial charge in [-0.25, -0.2) is 0 Å². The second-order valence-corrected chi connectivity index (χ2v) is 8.29. The van der Waals surface area contributed by atoms with Crippen LogP contribution in [0.3, 0.4) is 0 Å². The van der Waals surface area contributed by atoms with E-state index in [2.05, 4.69) is 65.5 Å². The summed E-state index contributed by atoms with van der Waals surface area (Å²) in [4.78, 5) is 12.6. The predicted molar refractivity (Wildman–Crippen MR) is 126 cm³/mol. The molecule has 0 fully saturated rings. The number of aromatic nitrogens is 1. The van der Waals surface area contributed by atoms with Gasteiger partial charge in [0.2, 0.25) is 5.91 Å². The second kappa shape index (κ2) is 9.06. The monoisotopic (exact) mass is 412 g/mol. The number of nitrogens with one attached hydrogen (secondary N) is 1. The van der Waals surface area contributed by atoms with Crippen LogP contribution >= 0.6 is 11.8 Å². The molecule has 0 aliphatic heterocycles. The van der Waals surface area contributed by atoms with Crippen molar-refractivity contribution in [3.05, 3.63) is 102 Å². The number of amides is 1. The molecule has 4 heteroatoms. The number of nitrogens with zero attached hydrogens (tertiary/aromatic N) is 1. The van der Waals surface area contributed by atoms with Crippen LogP contribution in [-0.4, -0.2) is 16.2 Å². The highest BCUT2D eigenvalue weighted by Crippen LogP contribution is 2.31. The Kier molecular flexibility index (Phi) is 6.05. The fourth-order valence-corrected chi connectivity index (χ4v) is 4.15. The first-order valence-electron chi connectivity index (χ1n) is 9.93. The highest BCUT2D eigenvalue weighted by Gasteiger charge is 2.12. The highest BCUT2D eigenvalue weighted by atomic mass is 32.2. The molecule has 150 valence electrons. The van der Waals surface area contributed by atoms with E-state index in [0.717, 1.165) is 27.5 Å². The maximum atomic E-state index is 12.6. The van der Waals surface area contributed by atoms with Crippen molar-refractivity contribution in [2.24, 2.45) is 0 Å². The normalized spacial score (nSPS) is 10.7. The van der Waals surface area contributed by atoms with E-state index in [4.69, 9.17) is 0 Å². The number of hydrogen-bond donors (Lipinski definition) is 1. The smallest absolute Gasteiger partial charge is 0.234 e. The number of hydrogen-bond acceptors (Lipinski definition) is 2. The van der Waals surface area contributed by atoms with Crippen LogP contribution in [-0.2, 0) is 4.79 Å². The molecule has 0 spiro atoms. The van der Waals surface area contributed by atoms with Gasteiger partial charge < -0.3 is 9.88 Å². The van der Waals surface area contributed by atoms with Crippen LogP contribution in [0.25, 0.3) is 16.8 Å². The van der Waals surface area contributed by atoms with Gasteiger partial charge in [-0.05, 0) is 49.2 Å². The molecule has 1 N–H and O–H groups in total. The molecule has 4 rings (SSSR count). The number of aryl methyl sites for hydroxylation is 2. The summed E-state index contributed by atoms with van der Waals surface area (Å²) in [5.74, 6) is 0.338. The molecule has 4 aromatic rings. The zero-order valence-corrected chi connectivity index (χ0v) is 17.9. The average molecular weight is 413 g/mol. The van der Waals surface area contributed by atoms with Gasteiger partial charge in [0.1, 0.15) is 0 Å². The van der Waals surface area contributed by atoms with E-state index in [9.17, 15) is 4.79 Å². The van der Waals surface area contributed by atoms with Crippen molar-refractivity contribution in [2.45, 2.75) is 18.9 Å². The van der Waals surface area contributed by atoms with E-state index < -0.39 is 0 Å². The van der Waals surface area contributed by atoms with E-state index >= 15 is 0 Å². The van der Waals surface area contributed by atoms with Gasteiger partial charge in [-0.2, -0.15) is 0 Å². The van der Waals surface area contributed by atoms with Gasteiger partial charge in [0.25, 0.3) is 0 Å². The van der Waals surface area contributed by atoms with Crippen LogP contribution in [0.15, 0.2) is 96.2 Å². The third-order valence-electron chi connectivity index (χ3n) is 4.97. The fourth-order valence-electron chi connectivity index (χ4n) is 3.29. The molecule has 0 unspecified atom stereocenters. The van der Waals surface area contributed by atoms with Gasteiger partial charge in [-0.15, -0.1) is 0 Å². The lowest BCUT2D eigenvalue weighted by molar-refractivity contribution is -0.113. The summed E-state index contributed by atoms with van der Waals surface area (Å²) in [7, 11) is 0. The van der Waals surface area contributed by atoms with Crippen molar-refractivity contribution in [1.82, 2.24) is 4.57 Å². The maximum Gasteiger partial charge on any atom is 0.234 e. The number of para-hydroxylation sites is 2. The summed E-state index contributed by atoms with van der Waals surface area (Å²) in [5.41, 5.74) is 6.55. The van der Waals surface area contributed by atoms with Crippen LogP contribution in [0.5, 0.6) is 0 Å². The number of carbonyl (C=O) groups is 1. The van der Waals surface area contributed by atoms with Crippen LogP contribution in [0.1, 0.15) is 11.1 Å². The van der Waals surface area contributed by atoms with Gasteiger partial charge in [0.05, 0.1) is 10.8 Å². The Hall–Kier alpha value is -3.24. The first kappa shape index (κ1) is 20.0. The van der Waals surface area contributed by atoms with Gasteiger partial charge in [-0.1, -0.05) is 78.0 Å². The van der Waals surface area contributed by atoms with Crippen LogP contribution in [0.2, 0.25) is 0 Å². The molecule has 0 aliphatic carbocycles. The summed E-state index contributed by atoms with van der Waals surface area (Å²) >= 11 is 1.54. The van der Waals surface area contributed by atoms with Crippen molar-refractivity contribution in [3.8, 4) is 16.8 Å². The molecule has 30 heavy (non-hydrogen) atoms. The van der Waals surface area contributed by atoms with E-state index in [1.807, 2.05) is 49.4 Å². The lowest BCUT2D eigenvalue weighted by Gasteiger charge is -2.10. The van der Waals surface area contributed by atoms with Crippen molar-refractivity contribution >= 4 is 23.4 Å². The predicted octanol–water partition coefficient (Wildman–Crippen LogP) is 6.49. The summed E-state index contributed by atoms with van der Waals surface area (Å²) in [5, 5.41) is 4.05. The van der Waals surface area contributed by atoms with Crippen LogP contribution < -0.4 is 5.32 Å². The zero-order chi connectivity index (χ0) is 20.9. The summed E-state index contributed by atoms with van der Waals surface area (Å²) in [6, 6.07) is 28.7. The molecule has 0 saturated heterocycles. The molecule has 1 aromatic heterocycles. The fraction of sp³-hybridized carbons (Fsp3) is 0.115. The lowest BCUT2D eigenvalue weighted by Crippen LogP contribution is -2.15. The Morgan fingerprint density at radius 2 is 1.57 bits per heavy atom. The minimum atomic E-state index is -0.00741. The topological polar surface area (TPSA) is 34.0 Å². The van der Waals surface area contributed by atoms with Crippen LogP contribution in [0, 0.1) is 13.8 Å². The number of rotatable bonds is 6. The molecule has 0 saturated carbocycles. The molecule has 0 radical (unpaired) electrons. The van der Waals surface area contributed by atoms with E-state index in [0.29, 0.717) is 5.75 Å².